The largest absolute Gasteiger partial charge is 0.421 e. The number of aromatic nitrogens is 2. The topological polar surface area (TPSA) is 38.9 Å². The van der Waals surface area contributed by atoms with Crippen molar-refractivity contribution in [1.82, 2.24) is 10.2 Å². The number of hydrogen-bond acceptors (Lipinski definition) is 3. The van der Waals surface area contributed by atoms with E-state index in [0.29, 0.717) is 11.8 Å². The summed E-state index contributed by atoms with van der Waals surface area (Å²) in [4.78, 5) is 0. The van der Waals surface area contributed by atoms with Crippen LogP contribution in [0.4, 0.5) is 0 Å². The molecule has 0 atom stereocenters. The minimum atomic E-state index is 0.588. The fourth-order valence-electron chi connectivity index (χ4n) is 1.30. The molecule has 0 bridgehead atoms. The van der Waals surface area contributed by atoms with E-state index in [1.807, 2.05) is 12.1 Å². The Morgan fingerprint density at radius 3 is 2.36 bits per heavy atom. The van der Waals surface area contributed by atoms with Gasteiger partial charge in [0.05, 0.1) is 0 Å². The number of benzene rings is 1. The first-order chi connectivity index (χ1) is 6.79. The lowest BCUT2D eigenvalue weighted by Gasteiger charge is -1.97. The molecule has 3 heteroatoms. The maximum absolute atomic E-state index is 5.32. The van der Waals surface area contributed by atoms with Gasteiger partial charge < -0.3 is 4.42 Å². The summed E-state index contributed by atoms with van der Waals surface area (Å²) in [6.45, 7) is 3.92. The van der Waals surface area contributed by atoms with Crippen molar-refractivity contribution in [2.75, 3.05) is 0 Å². The van der Waals surface area contributed by atoms with Crippen LogP contribution in [-0.4, -0.2) is 10.2 Å². The maximum atomic E-state index is 5.32. The van der Waals surface area contributed by atoms with Gasteiger partial charge in [-0.05, 0) is 24.1 Å². The van der Waals surface area contributed by atoms with E-state index in [2.05, 4.69) is 29.3 Å². The highest BCUT2D eigenvalue weighted by atomic mass is 16.4. The van der Waals surface area contributed by atoms with Crippen LogP contribution in [0.1, 0.15) is 18.4 Å². The zero-order chi connectivity index (χ0) is 9.97. The van der Waals surface area contributed by atoms with Crippen LogP contribution in [0.15, 0.2) is 28.7 Å². The van der Waals surface area contributed by atoms with E-state index >= 15 is 0 Å². The van der Waals surface area contributed by atoms with Gasteiger partial charge in [-0.3, -0.25) is 0 Å². The molecule has 14 heavy (non-hydrogen) atoms. The van der Waals surface area contributed by atoms with Gasteiger partial charge in [-0.15, -0.1) is 10.2 Å². The summed E-state index contributed by atoms with van der Waals surface area (Å²) in [6, 6.07) is 8.17. The van der Waals surface area contributed by atoms with Crippen LogP contribution >= 0.6 is 0 Å². The Kier molecular flexibility index (Phi) is 2.31. The van der Waals surface area contributed by atoms with Gasteiger partial charge >= 0.3 is 0 Å². The van der Waals surface area contributed by atoms with Gasteiger partial charge in [0, 0.05) is 12.5 Å². The van der Waals surface area contributed by atoms with Crippen LogP contribution in [0, 0.1) is 6.92 Å². The molecular weight excluding hydrogens is 176 g/mol. The summed E-state index contributed by atoms with van der Waals surface area (Å²) in [5.41, 5.74) is 2.28. The fourth-order valence-corrected chi connectivity index (χ4v) is 1.30. The average molecular weight is 188 g/mol. The van der Waals surface area contributed by atoms with Crippen molar-refractivity contribution in [2.24, 2.45) is 0 Å². The van der Waals surface area contributed by atoms with E-state index in [1.54, 1.807) is 6.92 Å². The Hall–Kier alpha value is -1.64. The van der Waals surface area contributed by atoms with E-state index in [4.69, 9.17) is 4.42 Å². The van der Waals surface area contributed by atoms with Crippen molar-refractivity contribution in [3.05, 3.63) is 35.7 Å². The highest BCUT2D eigenvalue weighted by Gasteiger charge is 2.04. The lowest BCUT2D eigenvalue weighted by atomic mass is 10.1. The van der Waals surface area contributed by atoms with Gasteiger partial charge in [0.25, 0.3) is 0 Å². The molecule has 1 aromatic heterocycles. The Morgan fingerprint density at radius 2 is 1.86 bits per heavy atom. The molecule has 0 fully saturated rings. The van der Waals surface area contributed by atoms with Gasteiger partial charge in [0.15, 0.2) is 0 Å². The third-order valence-corrected chi connectivity index (χ3v) is 2.14. The van der Waals surface area contributed by atoms with Gasteiger partial charge in [0.1, 0.15) is 0 Å². The molecule has 0 unspecified atom stereocenters. The zero-order valence-corrected chi connectivity index (χ0v) is 8.32. The van der Waals surface area contributed by atoms with E-state index in [1.165, 1.54) is 5.56 Å². The smallest absolute Gasteiger partial charge is 0.247 e. The molecule has 0 aliphatic heterocycles. The normalized spacial score (nSPS) is 10.4. The van der Waals surface area contributed by atoms with Crippen LogP contribution in [0.5, 0.6) is 0 Å². The van der Waals surface area contributed by atoms with Crippen LogP contribution in [-0.2, 0) is 6.42 Å². The van der Waals surface area contributed by atoms with E-state index < -0.39 is 0 Å². The van der Waals surface area contributed by atoms with Crippen molar-refractivity contribution in [3.63, 3.8) is 0 Å². The Morgan fingerprint density at radius 1 is 1.14 bits per heavy atom. The zero-order valence-electron chi connectivity index (χ0n) is 8.32. The van der Waals surface area contributed by atoms with Crippen molar-refractivity contribution in [2.45, 2.75) is 20.3 Å². The van der Waals surface area contributed by atoms with Gasteiger partial charge in [-0.2, -0.15) is 0 Å². The Bertz CT molecular complexity index is 417. The van der Waals surface area contributed by atoms with Crippen molar-refractivity contribution in [3.8, 4) is 11.5 Å². The molecule has 0 aliphatic carbocycles. The molecular formula is C11H12N2O. The number of nitrogens with zero attached hydrogens (tertiary/aromatic N) is 2. The molecule has 0 N–H and O–H groups in total. The summed E-state index contributed by atoms with van der Waals surface area (Å²) >= 11 is 0. The summed E-state index contributed by atoms with van der Waals surface area (Å²) in [7, 11) is 0. The van der Waals surface area contributed by atoms with Crippen molar-refractivity contribution in [1.29, 1.82) is 0 Å². The maximum Gasteiger partial charge on any atom is 0.247 e. The lowest BCUT2D eigenvalue weighted by molar-refractivity contribution is 0.533. The summed E-state index contributed by atoms with van der Waals surface area (Å²) < 4.78 is 5.32. The second kappa shape index (κ2) is 3.62. The van der Waals surface area contributed by atoms with Crippen LogP contribution in [0.3, 0.4) is 0 Å². The molecule has 1 aromatic carbocycles. The molecule has 3 nitrogen and oxygen atoms in total. The standard InChI is InChI=1S/C11H12N2O/c1-3-9-4-6-10(7-5-9)11-13-12-8(2)14-11/h4-7H,3H2,1-2H3. The quantitative estimate of drug-likeness (QED) is 0.727. The predicted octanol–water partition coefficient (Wildman–Crippen LogP) is 2.61. The van der Waals surface area contributed by atoms with Gasteiger partial charge in [-0.1, -0.05) is 19.1 Å². The lowest BCUT2D eigenvalue weighted by Crippen LogP contribution is -1.81. The molecule has 72 valence electrons. The number of hydrogen-bond donors (Lipinski definition) is 0. The second-order valence-corrected chi connectivity index (χ2v) is 3.18. The van der Waals surface area contributed by atoms with Gasteiger partial charge in [-0.25, -0.2) is 0 Å². The first-order valence-corrected chi connectivity index (χ1v) is 4.69. The van der Waals surface area contributed by atoms with Crippen LogP contribution < -0.4 is 0 Å². The van der Waals surface area contributed by atoms with Crippen molar-refractivity contribution < 1.29 is 4.42 Å². The first kappa shape index (κ1) is 8.94. The average Bonchev–Trinajstić information content (AvgIpc) is 2.65. The monoisotopic (exact) mass is 188 g/mol. The predicted molar refractivity (Wildman–Crippen MR) is 53.8 cm³/mol. The van der Waals surface area contributed by atoms with Gasteiger partial charge in [0.2, 0.25) is 11.8 Å². The molecule has 0 saturated heterocycles. The molecule has 0 radical (unpaired) electrons. The summed E-state index contributed by atoms with van der Waals surface area (Å²) in [5, 5.41) is 7.74. The molecule has 0 amide bonds. The first-order valence-electron chi connectivity index (χ1n) is 4.69. The highest BCUT2D eigenvalue weighted by molar-refractivity contribution is 5.52. The molecule has 0 spiro atoms. The minimum Gasteiger partial charge on any atom is -0.421 e. The number of rotatable bonds is 2. The van der Waals surface area contributed by atoms with E-state index in [9.17, 15) is 0 Å². The molecule has 1 heterocycles. The SMILES string of the molecule is CCc1ccc(-c2nnc(C)o2)cc1. The van der Waals surface area contributed by atoms with E-state index in [-0.39, 0.29) is 0 Å². The highest BCUT2D eigenvalue weighted by Crippen LogP contribution is 2.17. The van der Waals surface area contributed by atoms with Crippen molar-refractivity contribution >= 4 is 0 Å². The summed E-state index contributed by atoms with van der Waals surface area (Å²) in [6.07, 6.45) is 1.04. The van der Waals surface area contributed by atoms with Crippen LogP contribution in [0.25, 0.3) is 11.5 Å². The van der Waals surface area contributed by atoms with Crippen LogP contribution in [0.2, 0.25) is 0 Å². The van der Waals surface area contributed by atoms with E-state index in [0.717, 1.165) is 12.0 Å². The minimum absolute atomic E-state index is 0.588. The third kappa shape index (κ3) is 1.66. The molecule has 2 rings (SSSR count). The number of aryl methyl sites for hydroxylation is 2. The fraction of sp³-hybridized carbons (Fsp3) is 0.273. The second-order valence-electron chi connectivity index (χ2n) is 3.18. The third-order valence-electron chi connectivity index (χ3n) is 2.14. The Balaban J connectivity index is 2.33. The summed E-state index contributed by atoms with van der Waals surface area (Å²) in [5.74, 6) is 1.18. The Labute approximate surface area is 82.8 Å². The molecule has 0 aliphatic rings. The molecule has 2 aromatic rings. The molecule has 0 saturated carbocycles.